The standard InChI is InChI=1S/C9H17NO3S/c1-7(2)10-5-9(6-10)3-8(11)4-14(9,12)13/h7-8,11H,3-6H2,1-2H3. The van der Waals surface area contributed by atoms with Crippen molar-refractivity contribution in [3.8, 4) is 0 Å². The summed E-state index contributed by atoms with van der Waals surface area (Å²) < 4.78 is 22.9. The van der Waals surface area contributed by atoms with Gasteiger partial charge in [-0.15, -0.1) is 0 Å². The van der Waals surface area contributed by atoms with Crippen molar-refractivity contribution in [1.82, 2.24) is 4.90 Å². The molecular weight excluding hydrogens is 202 g/mol. The van der Waals surface area contributed by atoms with E-state index in [1.807, 2.05) is 0 Å². The molecule has 2 rings (SSSR count). The van der Waals surface area contributed by atoms with Crippen LogP contribution < -0.4 is 0 Å². The van der Waals surface area contributed by atoms with Crippen LogP contribution in [-0.4, -0.2) is 54.2 Å². The van der Waals surface area contributed by atoms with E-state index in [4.69, 9.17) is 0 Å². The summed E-state index contributed by atoms with van der Waals surface area (Å²) in [4.78, 5) is 2.13. The van der Waals surface area contributed by atoms with Crippen molar-refractivity contribution in [3.63, 3.8) is 0 Å². The Morgan fingerprint density at radius 2 is 2.00 bits per heavy atom. The van der Waals surface area contributed by atoms with Crippen LogP contribution in [0.2, 0.25) is 0 Å². The summed E-state index contributed by atoms with van der Waals surface area (Å²) >= 11 is 0. The van der Waals surface area contributed by atoms with Crippen LogP contribution >= 0.6 is 0 Å². The minimum atomic E-state index is -3.06. The lowest BCUT2D eigenvalue weighted by atomic mass is 9.92. The van der Waals surface area contributed by atoms with E-state index in [0.717, 1.165) is 0 Å². The first kappa shape index (κ1) is 10.4. The first-order chi connectivity index (χ1) is 6.36. The van der Waals surface area contributed by atoms with E-state index in [1.54, 1.807) is 0 Å². The third-order valence-electron chi connectivity index (χ3n) is 3.39. The van der Waals surface area contributed by atoms with E-state index in [-0.39, 0.29) is 5.75 Å². The molecule has 0 radical (unpaired) electrons. The van der Waals surface area contributed by atoms with Gasteiger partial charge < -0.3 is 5.11 Å². The highest BCUT2D eigenvalue weighted by atomic mass is 32.2. The maximum Gasteiger partial charge on any atom is 0.161 e. The van der Waals surface area contributed by atoms with Crippen LogP contribution in [0.3, 0.4) is 0 Å². The zero-order chi connectivity index (χ0) is 10.6. The van der Waals surface area contributed by atoms with E-state index < -0.39 is 20.7 Å². The number of nitrogens with zero attached hydrogens (tertiary/aromatic N) is 1. The van der Waals surface area contributed by atoms with Crippen LogP contribution in [0.5, 0.6) is 0 Å². The van der Waals surface area contributed by atoms with Gasteiger partial charge in [-0.2, -0.15) is 0 Å². The number of aliphatic hydroxyl groups excluding tert-OH is 1. The summed E-state index contributed by atoms with van der Waals surface area (Å²) in [5, 5.41) is 9.39. The minimum absolute atomic E-state index is 0.0427. The Morgan fingerprint density at radius 3 is 2.36 bits per heavy atom. The van der Waals surface area contributed by atoms with Gasteiger partial charge in [-0.25, -0.2) is 8.42 Å². The Hall–Kier alpha value is -0.130. The average molecular weight is 219 g/mol. The van der Waals surface area contributed by atoms with Crippen molar-refractivity contribution in [2.75, 3.05) is 18.8 Å². The van der Waals surface area contributed by atoms with Gasteiger partial charge in [-0.05, 0) is 20.3 Å². The first-order valence-corrected chi connectivity index (χ1v) is 6.66. The molecule has 0 aromatic heterocycles. The molecule has 1 unspecified atom stereocenters. The van der Waals surface area contributed by atoms with E-state index in [1.165, 1.54) is 0 Å². The summed E-state index contributed by atoms with van der Waals surface area (Å²) in [6.07, 6.45) is -0.215. The molecule has 0 bridgehead atoms. The van der Waals surface area contributed by atoms with Gasteiger partial charge in [0.25, 0.3) is 0 Å². The van der Waals surface area contributed by atoms with Crippen LogP contribution in [0.25, 0.3) is 0 Å². The molecule has 0 aromatic carbocycles. The molecule has 82 valence electrons. The van der Waals surface area contributed by atoms with Crippen molar-refractivity contribution in [2.45, 2.75) is 37.2 Å². The molecule has 1 N–H and O–H groups in total. The molecule has 2 saturated heterocycles. The Bertz CT molecular complexity index is 330. The van der Waals surface area contributed by atoms with Gasteiger partial charge in [-0.1, -0.05) is 0 Å². The van der Waals surface area contributed by atoms with E-state index in [9.17, 15) is 13.5 Å². The van der Waals surface area contributed by atoms with E-state index >= 15 is 0 Å². The van der Waals surface area contributed by atoms with Crippen LogP contribution in [0.15, 0.2) is 0 Å². The monoisotopic (exact) mass is 219 g/mol. The molecule has 2 aliphatic heterocycles. The Morgan fingerprint density at radius 1 is 1.43 bits per heavy atom. The molecule has 1 spiro atoms. The quantitative estimate of drug-likeness (QED) is 0.653. The van der Waals surface area contributed by atoms with Gasteiger partial charge in [0, 0.05) is 19.1 Å². The summed E-state index contributed by atoms with van der Waals surface area (Å²) in [5.41, 5.74) is 0. The van der Waals surface area contributed by atoms with Crippen molar-refractivity contribution in [3.05, 3.63) is 0 Å². The molecule has 2 heterocycles. The minimum Gasteiger partial charge on any atom is -0.392 e. The van der Waals surface area contributed by atoms with Crippen LogP contribution in [0, 0.1) is 0 Å². The van der Waals surface area contributed by atoms with Gasteiger partial charge in [0.1, 0.15) is 4.75 Å². The molecule has 5 heteroatoms. The molecule has 0 aliphatic carbocycles. The fourth-order valence-corrected chi connectivity index (χ4v) is 4.58. The van der Waals surface area contributed by atoms with Crippen molar-refractivity contribution < 1.29 is 13.5 Å². The van der Waals surface area contributed by atoms with E-state index in [2.05, 4.69) is 18.7 Å². The smallest absolute Gasteiger partial charge is 0.161 e. The lowest BCUT2D eigenvalue weighted by molar-refractivity contribution is 0.0635. The highest BCUT2D eigenvalue weighted by Crippen LogP contribution is 2.40. The molecule has 2 fully saturated rings. The number of hydrogen-bond acceptors (Lipinski definition) is 4. The van der Waals surface area contributed by atoms with Crippen molar-refractivity contribution in [1.29, 1.82) is 0 Å². The summed E-state index contributed by atoms with van der Waals surface area (Å²) in [5.74, 6) is -0.0427. The second-order valence-corrected chi connectivity index (χ2v) is 7.25. The third kappa shape index (κ3) is 1.30. The highest BCUT2D eigenvalue weighted by Gasteiger charge is 2.58. The summed E-state index contributed by atoms with van der Waals surface area (Å²) in [7, 11) is -3.06. The number of hydrogen-bond donors (Lipinski definition) is 1. The predicted octanol–water partition coefficient (Wildman–Crippen LogP) is -0.371. The molecule has 0 saturated carbocycles. The van der Waals surface area contributed by atoms with Gasteiger partial charge in [0.2, 0.25) is 0 Å². The van der Waals surface area contributed by atoms with Gasteiger partial charge in [-0.3, -0.25) is 4.90 Å². The topological polar surface area (TPSA) is 57.6 Å². The third-order valence-corrected chi connectivity index (χ3v) is 5.96. The molecule has 4 nitrogen and oxygen atoms in total. The van der Waals surface area contributed by atoms with Crippen LogP contribution in [0.4, 0.5) is 0 Å². The summed E-state index contributed by atoms with van der Waals surface area (Å²) in [6, 6.07) is 0.397. The molecule has 14 heavy (non-hydrogen) atoms. The van der Waals surface area contributed by atoms with Gasteiger partial charge in [0.05, 0.1) is 11.9 Å². The second kappa shape index (κ2) is 2.93. The van der Waals surface area contributed by atoms with Gasteiger partial charge in [0.15, 0.2) is 9.84 Å². The lowest BCUT2D eigenvalue weighted by Crippen LogP contribution is -2.65. The second-order valence-electron chi connectivity index (χ2n) is 4.82. The largest absolute Gasteiger partial charge is 0.392 e. The SMILES string of the molecule is CC(C)N1CC2(CC(O)CS2(=O)=O)C1. The molecule has 2 aliphatic rings. The average Bonchev–Trinajstić information content (AvgIpc) is 2.15. The van der Waals surface area contributed by atoms with E-state index in [0.29, 0.717) is 25.6 Å². The Balaban J connectivity index is 2.14. The fraction of sp³-hybridized carbons (Fsp3) is 1.00. The maximum atomic E-state index is 11.8. The van der Waals surface area contributed by atoms with Gasteiger partial charge >= 0.3 is 0 Å². The van der Waals surface area contributed by atoms with Crippen LogP contribution in [-0.2, 0) is 9.84 Å². The molecular formula is C9H17NO3S. The van der Waals surface area contributed by atoms with Crippen molar-refractivity contribution in [2.24, 2.45) is 0 Å². The Labute approximate surface area is 84.8 Å². The maximum absolute atomic E-state index is 11.8. The fourth-order valence-electron chi connectivity index (χ4n) is 2.43. The number of likely N-dealkylation sites (tertiary alicyclic amines) is 1. The summed E-state index contributed by atoms with van der Waals surface area (Å²) in [6.45, 7) is 5.32. The predicted molar refractivity (Wildman–Crippen MR) is 53.9 cm³/mol. The van der Waals surface area contributed by atoms with Crippen molar-refractivity contribution >= 4 is 9.84 Å². The molecule has 0 amide bonds. The Kier molecular flexibility index (Phi) is 2.18. The highest BCUT2D eigenvalue weighted by molar-refractivity contribution is 7.93. The molecule has 1 atom stereocenters. The molecule has 0 aromatic rings. The normalized spacial score (nSPS) is 35.0. The first-order valence-electron chi connectivity index (χ1n) is 5.01. The van der Waals surface area contributed by atoms with Crippen LogP contribution in [0.1, 0.15) is 20.3 Å². The lowest BCUT2D eigenvalue weighted by Gasteiger charge is -2.48. The number of rotatable bonds is 1. The zero-order valence-electron chi connectivity index (χ0n) is 8.60. The number of sulfone groups is 1. The number of aliphatic hydroxyl groups is 1. The zero-order valence-corrected chi connectivity index (χ0v) is 9.42.